The molecule has 178 valence electrons. The number of carbonyl (C=O) groups excluding carboxylic acids is 1. The molecule has 2 aromatic carbocycles. The Kier molecular flexibility index (Phi) is 8.07. The highest BCUT2D eigenvalue weighted by molar-refractivity contribution is 7.89. The van der Waals surface area contributed by atoms with Crippen LogP contribution in [-0.4, -0.2) is 49.7 Å². The van der Waals surface area contributed by atoms with Crippen LogP contribution in [0.3, 0.4) is 0 Å². The SMILES string of the molecule is O=C(Nc1ccc(S(=O)(=O)N2CCCCCC2)cc1)C1CCN(Cc2ccc(Cl)cc2)CC1. The number of amides is 1. The summed E-state index contributed by atoms with van der Waals surface area (Å²) in [5, 5.41) is 3.71. The van der Waals surface area contributed by atoms with Crippen molar-refractivity contribution in [1.29, 1.82) is 0 Å². The summed E-state index contributed by atoms with van der Waals surface area (Å²) >= 11 is 5.96. The van der Waals surface area contributed by atoms with E-state index in [1.165, 1.54) is 5.56 Å². The Morgan fingerprint density at radius 2 is 1.48 bits per heavy atom. The van der Waals surface area contributed by atoms with E-state index in [0.717, 1.165) is 63.2 Å². The molecule has 2 aliphatic rings. The molecule has 0 saturated carbocycles. The van der Waals surface area contributed by atoms with Gasteiger partial charge in [-0.15, -0.1) is 0 Å². The molecular formula is C25H32ClN3O3S. The number of hydrogen-bond acceptors (Lipinski definition) is 4. The fourth-order valence-electron chi connectivity index (χ4n) is 4.59. The van der Waals surface area contributed by atoms with Crippen LogP contribution in [0.4, 0.5) is 5.69 Å². The normalized spacial score (nSPS) is 19.2. The van der Waals surface area contributed by atoms with E-state index in [2.05, 4.69) is 10.2 Å². The van der Waals surface area contributed by atoms with E-state index in [1.54, 1.807) is 28.6 Å². The Labute approximate surface area is 202 Å². The first-order valence-electron chi connectivity index (χ1n) is 11.8. The van der Waals surface area contributed by atoms with Gasteiger partial charge in [0.25, 0.3) is 0 Å². The number of nitrogens with one attached hydrogen (secondary N) is 1. The zero-order chi connectivity index (χ0) is 23.3. The van der Waals surface area contributed by atoms with Gasteiger partial charge in [0.1, 0.15) is 0 Å². The van der Waals surface area contributed by atoms with E-state index < -0.39 is 10.0 Å². The summed E-state index contributed by atoms with van der Waals surface area (Å²) in [5.74, 6) is -0.0313. The fourth-order valence-corrected chi connectivity index (χ4v) is 6.23. The Balaban J connectivity index is 1.28. The lowest BCUT2D eigenvalue weighted by Gasteiger charge is -2.31. The molecular weight excluding hydrogens is 458 g/mol. The van der Waals surface area contributed by atoms with E-state index in [4.69, 9.17) is 11.6 Å². The van der Waals surface area contributed by atoms with Gasteiger partial charge in [-0.3, -0.25) is 9.69 Å². The van der Waals surface area contributed by atoms with Crippen LogP contribution in [0.15, 0.2) is 53.4 Å². The Morgan fingerprint density at radius 3 is 2.09 bits per heavy atom. The van der Waals surface area contributed by atoms with Crippen molar-refractivity contribution in [1.82, 2.24) is 9.21 Å². The topological polar surface area (TPSA) is 69.7 Å². The van der Waals surface area contributed by atoms with Gasteiger partial charge in [-0.1, -0.05) is 36.6 Å². The maximum Gasteiger partial charge on any atom is 0.243 e. The molecule has 2 saturated heterocycles. The van der Waals surface area contributed by atoms with Crippen LogP contribution in [0.25, 0.3) is 0 Å². The predicted octanol–water partition coefficient (Wildman–Crippen LogP) is 4.76. The number of halogens is 1. The van der Waals surface area contributed by atoms with Crippen molar-refractivity contribution >= 4 is 33.2 Å². The van der Waals surface area contributed by atoms with Crippen molar-refractivity contribution in [2.24, 2.45) is 5.92 Å². The van der Waals surface area contributed by atoms with E-state index in [1.807, 2.05) is 24.3 Å². The minimum Gasteiger partial charge on any atom is -0.326 e. The molecule has 0 aromatic heterocycles. The molecule has 0 spiro atoms. The quantitative estimate of drug-likeness (QED) is 0.635. The first-order valence-corrected chi connectivity index (χ1v) is 13.6. The highest BCUT2D eigenvalue weighted by Crippen LogP contribution is 2.24. The van der Waals surface area contributed by atoms with Crippen LogP contribution >= 0.6 is 11.6 Å². The van der Waals surface area contributed by atoms with Crippen LogP contribution in [0.5, 0.6) is 0 Å². The van der Waals surface area contributed by atoms with Crippen LogP contribution in [0.2, 0.25) is 5.02 Å². The Morgan fingerprint density at radius 1 is 0.879 bits per heavy atom. The minimum atomic E-state index is -3.48. The lowest BCUT2D eigenvalue weighted by atomic mass is 9.95. The van der Waals surface area contributed by atoms with Gasteiger partial charge in [0.2, 0.25) is 15.9 Å². The molecule has 33 heavy (non-hydrogen) atoms. The molecule has 6 nitrogen and oxygen atoms in total. The van der Waals surface area contributed by atoms with E-state index in [9.17, 15) is 13.2 Å². The zero-order valence-corrected chi connectivity index (χ0v) is 20.5. The summed E-state index contributed by atoms with van der Waals surface area (Å²) in [5.41, 5.74) is 1.86. The van der Waals surface area contributed by atoms with Crippen LogP contribution in [-0.2, 0) is 21.4 Å². The number of benzene rings is 2. The van der Waals surface area contributed by atoms with Crippen molar-refractivity contribution in [2.45, 2.75) is 50.0 Å². The summed E-state index contributed by atoms with van der Waals surface area (Å²) in [7, 11) is -3.48. The maximum atomic E-state index is 12.9. The summed E-state index contributed by atoms with van der Waals surface area (Å²) in [6.07, 6.45) is 5.59. The minimum absolute atomic E-state index is 0.00395. The number of anilines is 1. The van der Waals surface area contributed by atoms with Crippen molar-refractivity contribution in [2.75, 3.05) is 31.5 Å². The predicted molar refractivity (Wildman–Crippen MR) is 132 cm³/mol. The number of hydrogen-bond donors (Lipinski definition) is 1. The molecule has 0 unspecified atom stereocenters. The maximum absolute atomic E-state index is 12.9. The second-order valence-electron chi connectivity index (χ2n) is 9.01. The number of piperidine rings is 1. The highest BCUT2D eigenvalue weighted by Gasteiger charge is 2.27. The molecule has 2 aliphatic heterocycles. The van der Waals surface area contributed by atoms with Crippen LogP contribution in [0.1, 0.15) is 44.1 Å². The van der Waals surface area contributed by atoms with Gasteiger partial charge in [0.15, 0.2) is 0 Å². The lowest BCUT2D eigenvalue weighted by Crippen LogP contribution is -2.37. The monoisotopic (exact) mass is 489 g/mol. The van der Waals surface area contributed by atoms with Gasteiger partial charge in [0.05, 0.1) is 4.90 Å². The van der Waals surface area contributed by atoms with Gasteiger partial charge in [-0.05, 0) is 80.7 Å². The lowest BCUT2D eigenvalue weighted by molar-refractivity contribution is -0.121. The smallest absolute Gasteiger partial charge is 0.243 e. The summed E-state index contributed by atoms with van der Waals surface area (Å²) in [6, 6.07) is 14.5. The molecule has 4 rings (SSSR count). The van der Waals surface area contributed by atoms with E-state index in [0.29, 0.717) is 18.8 Å². The third-order valence-electron chi connectivity index (χ3n) is 6.60. The van der Waals surface area contributed by atoms with E-state index in [-0.39, 0.29) is 16.7 Å². The molecule has 8 heteroatoms. The van der Waals surface area contributed by atoms with Gasteiger partial charge in [-0.2, -0.15) is 4.31 Å². The number of carbonyl (C=O) groups is 1. The molecule has 0 bridgehead atoms. The van der Waals surface area contributed by atoms with Crippen molar-refractivity contribution in [3.8, 4) is 0 Å². The highest BCUT2D eigenvalue weighted by atomic mass is 35.5. The number of rotatable bonds is 6. The molecule has 2 heterocycles. The first kappa shape index (κ1) is 24.2. The summed E-state index contributed by atoms with van der Waals surface area (Å²) < 4.78 is 27.4. The van der Waals surface area contributed by atoms with Gasteiger partial charge < -0.3 is 5.32 Å². The number of likely N-dealkylation sites (tertiary alicyclic amines) is 1. The van der Waals surface area contributed by atoms with Gasteiger partial charge in [0, 0.05) is 36.3 Å². The number of sulfonamides is 1. The van der Waals surface area contributed by atoms with Gasteiger partial charge in [-0.25, -0.2) is 8.42 Å². The summed E-state index contributed by atoms with van der Waals surface area (Å²) in [4.78, 5) is 15.4. The third-order valence-corrected chi connectivity index (χ3v) is 8.77. The zero-order valence-electron chi connectivity index (χ0n) is 18.9. The van der Waals surface area contributed by atoms with Crippen molar-refractivity contribution in [3.63, 3.8) is 0 Å². The molecule has 2 fully saturated rings. The van der Waals surface area contributed by atoms with Crippen LogP contribution in [0, 0.1) is 5.92 Å². The second-order valence-corrected chi connectivity index (χ2v) is 11.4. The second kappa shape index (κ2) is 11.0. The average molecular weight is 490 g/mol. The number of nitrogens with zero attached hydrogens (tertiary/aromatic N) is 2. The average Bonchev–Trinajstić information content (AvgIpc) is 3.12. The fraction of sp³-hybridized carbons (Fsp3) is 0.480. The van der Waals surface area contributed by atoms with Crippen molar-refractivity contribution < 1.29 is 13.2 Å². The molecule has 2 aromatic rings. The van der Waals surface area contributed by atoms with Crippen molar-refractivity contribution in [3.05, 3.63) is 59.1 Å². The summed E-state index contributed by atoms with van der Waals surface area (Å²) in [6.45, 7) is 3.76. The van der Waals surface area contributed by atoms with Gasteiger partial charge >= 0.3 is 0 Å². The molecule has 1 N–H and O–H groups in total. The molecule has 0 atom stereocenters. The molecule has 0 radical (unpaired) electrons. The Bertz CT molecular complexity index is 1030. The standard InChI is InChI=1S/C25H32ClN3O3S/c26-22-7-5-20(6-8-22)19-28-17-13-21(14-18-28)25(30)27-23-9-11-24(12-10-23)33(31,32)29-15-3-1-2-4-16-29/h5-12,21H,1-4,13-19H2,(H,27,30). The third kappa shape index (κ3) is 6.35. The Hall–Kier alpha value is -1.93. The van der Waals surface area contributed by atoms with E-state index >= 15 is 0 Å². The largest absolute Gasteiger partial charge is 0.326 e. The molecule has 1 amide bonds. The van der Waals surface area contributed by atoms with Crippen LogP contribution < -0.4 is 5.32 Å². The first-order chi connectivity index (χ1) is 15.9. The molecule has 0 aliphatic carbocycles.